The Labute approximate surface area is 480 Å². The molecular formula is C70H106N2O7. The lowest BCUT2D eigenvalue weighted by Crippen LogP contribution is -2.42. The Kier molecular flexibility index (Phi) is 35.9. The number of carbonyl (C=O) groups excluding carboxylic acids is 2. The van der Waals surface area contributed by atoms with Gasteiger partial charge in [-0.05, 0) is 150 Å². The molecule has 3 aromatic carbocycles. The summed E-state index contributed by atoms with van der Waals surface area (Å²) >= 11 is 0. The fourth-order valence-electron chi connectivity index (χ4n) is 10.7. The number of likely N-dealkylation sites (tertiary alicyclic amines) is 1. The highest BCUT2D eigenvalue weighted by Crippen LogP contribution is 2.42. The van der Waals surface area contributed by atoms with Gasteiger partial charge < -0.3 is 34.3 Å². The molecule has 0 aromatic heterocycles. The third kappa shape index (κ3) is 27.3. The Morgan fingerprint density at radius 2 is 1.01 bits per heavy atom. The van der Waals surface area contributed by atoms with Crippen LogP contribution in [0.1, 0.15) is 230 Å². The fraction of sp³-hybridized carbons (Fsp3) is 0.600. The lowest BCUT2D eigenvalue weighted by Gasteiger charge is -2.38. The number of alkyl carbamates (subject to hydrolysis) is 1. The summed E-state index contributed by atoms with van der Waals surface area (Å²) in [5.74, 6) is 1.48. The molecule has 0 saturated carbocycles. The number of rotatable bonds is 45. The predicted molar refractivity (Wildman–Crippen MR) is 329 cm³/mol. The van der Waals surface area contributed by atoms with E-state index in [9.17, 15) is 14.7 Å². The van der Waals surface area contributed by atoms with E-state index in [1.54, 1.807) is 14.2 Å². The van der Waals surface area contributed by atoms with Gasteiger partial charge in [-0.3, -0.25) is 4.79 Å². The monoisotopic (exact) mass is 1090 g/mol. The van der Waals surface area contributed by atoms with Crippen molar-refractivity contribution in [2.75, 3.05) is 33.9 Å². The molecule has 3 aromatic rings. The Morgan fingerprint density at radius 1 is 0.570 bits per heavy atom. The summed E-state index contributed by atoms with van der Waals surface area (Å²) in [6, 6.07) is 25.7. The second-order valence-electron chi connectivity index (χ2n) is 21.9. The van der Waals surface area contributed by atoms with E-state index in [0.29, 0.717) is 25.8 Å². The zero-order valence-electron chi connectivity index (χ0n) is 49.7. The minimum absolute atomic E-state index is 0.00719. The van der Waals surface area contributed by atoms with Crippen molar-refractivity contribution in [2.24, 2.45) is 0 Å². The molecule has 0 aliphatic carbocycles. The van der Waals surface area contributed by atoms with Crippen LogP contribution in [-0.4, -0.2) is 74.2 Å². The number of nitrogens with zero attached hydrogens (tertiary/aromatic N) is 1. The molecule has 1 fully saturated rings. The molecule has 4 rings (SSSR count). The lowest BCUT2D eigenvalue weighted by molar-refractivity contribution is -0.134. The second-order valence-corrected chi connectivity index (χ2v) is 21.9. The number of aliphatic hydroxyl groups is 1. The second kappa shape index (κ2) is 42.7. The molecule has 0 radical (unpaired) electrons. The molecule has 1 heterocycles. The van der Waals surface area contributed by atoms with E-state index in [-0.39, 0.29) is 37.3 Å². The number of hydrogen-bond donors (Lipinski definition) is 2. The van der Waals surface area contributed by atoms with Crippen LogP contribution >= 0.6 is 0 Å². The number of nitrogens with one attached hydrogen (secondary N) is 1. The molecule has 2 N–H and O–H groups in total. The van der Waals surface area contributed by atoms with Crippen LogP contribution in [0, 0.1) is 0 Å². The van der Waals surface area contributed by atoms with Crippen molar-refractivity contribution in [3.63, 3.8) is 0 Å². The van der Waals surface area contributed by atoms with Crippen LogP contribution < -0.4 is 14.8 Å². The van der Waals surface area contributed by atoms with Crippen LogP contribution in [0.3, 0.4) is 0 Å². The molecule has 2 atom stereocenters. The van der Waals surface area contributed by atoms with Gasteiger partial charge in [-0.1, -0.05) is 201 Å². The highest BCUT2D eigenvalue weighted by Gasteiger charge is 2.41. The van der Waals surface area contributed by atoms with Gasteiger partial charge in [0.1, 0.15) is 23.2 Å². The highest BCUT2D eigenvalue weighted by atomic mass is 16.6. The van der Waals surface area contributed by atoms with Crippen LogP contribution in [-0.2, 0) is 19.9 Å². The molecule has 79 heavy (non-hydrogen) atoms. The summed E-state index contributed by atoms with van der Waals surface area (Å²) in [5, 5.41) is 14.0. The minimum atomic E-state index is -1.03. The Hall–Kier alpha value is -5.12. The van der Waals surface area contributed by atoms with E-state index >= 15 is 0 Å². The van der Waals surface area contributed by atoms with Crippen LogP contribution in [0.4, 0.5) is 4.79 Å². The van der Waals surface area contributed by atoms with Gasteiger partial charge in [-0.15, -0.1) is 0 Å². The van der Waals surface area contributed by atoms with Crippen molar-refractivity contribution < 1.29 is 33.6 Å². The first-order chi connectivity index (χ1) is 38.8. The number of β-amino-alcohol motifs (C(OH)–C–C–N with tert-alkyl or cyclic N) is 1. The average Bonchev–Trinajstić information content (AvgIpc) is 3.99. The number of amides is 2. The molecule has 0 spiro atoms. The van der Waals surface area contributed by atoms with Crippen LogP contribution in [0.5, 0.6) is 11.5 Å². The van der Waals surface area contributed by atoms with E-state index in [4.69, 9.17) is 18.9 Å². The third-order valence-corrected chi connectivity index (χ3v) is 15.4. The molecule has 2 amide bonds. The number of methoxy groups -OCH3 is 2. The minimum Gasteiger partial charge on any atom is -0.497 e. The zero-order valence-corrected chi connectivity index (χ0v) is 49.7. The number of hydrogen-bond acceptors (Lipinski definition) is 7. The molecule has 1 saturated heterocycles. The van der Waals surface area contributed by atoms with Gasteiger partial charge >= 0.3 is 6.09 Å². The molecule has 0 bridgehead atoms. The smallest absolute Gasteiger partial charge is 0.407 e. The Balaban J connectivity index is 1.20. The molecule has 9 nitrogen and oxygen atoms in total. The molecule has 438 valence electrons. The van der Waals surface area contributed by atoms with Gasteiger partial charge in [0.05, 0.1) is 33.0 Å². The summed E-state index contributed by atoms with van der Waals surface area (Å²) < 4.78 is 24.3. The maximum atomic E-state index is 13.9. The van der Waals surface area contributed by atoms with E-state index in [0.717, 1.165) is 92.4 Å². The molecular weight excluding hydrogens is 981 g/mol. The first-order valence-corrected chi connectivity index (χ1v) is 31.3. The number of aliphatic hydroxyl groups excluding tert-OH is 1. The highest BCUT2D eigenvalue weighted by molar-refractivity contribution is 5.77. The standard InChI is InChI=1S/C70H106N2O7/c1-5-7-9-11-13-15-17-19-21-23-25-27-29-31-33-39-45-67(46-40-34-32-30-28-26-24-22-20-18-16-14-12-10-8-6-2)79-69(75)71-56-42-36-41-47-68(74)72-58-64(73)57-63(72)59-78-70(60-43-37-35-38-44-60,61-48-52-65(76-3)53-49-61)62-50-54-66(77-4)55-51-62/h13-16,19-22,35,37-38,43-44,48-55,63-64,67,73H,5-12,17-18,23-34,36,39-42,45-47,56-59H2,1-4H3,(H,71,75)/b15-13-,16-14-,21-19-,22-20-/t63-,64+/m0/s1. The van der Waals surface area contributed by atoms with Crippen molar-refractivity contribution in [1.29, 1.82) is 0 Å². The summed E-state index contributed by atoms with van der Waals surface area (Å²) in [5.41, 5.74) is 1.73. The Bertz CT molecular complexity index is 2020. The molecule has 1 aliphatic heterocycles. The normalized spacial score (nSPS) is 14.9. The van der Waals surface area contributed by atoms with Crippen molar-refractivity contribution in [1.82, 2.24) is 10.2 Å². The van der Waals surface area contributed by atoms with Crippen molar-refractivity contribution >= 4 is 12.0 Å². The van der Waals surface area contributed by atoms with Crippen molar-refractivity contribution in [2.45, 2.75) is 237 Å². The molecule has 9 heteroatoms. The van der Waals surface area contributed by atoms with E-state index in [2.05, 4.69) is 79.9 Å². The summed E-state index contributed by atoms with van der Waals surface area (Å²) in [6.45, 7) is 5.50. The number of carbonyl (C=O) groups is 2. The average molecular weight is 1090 g/mol. The number of ether oxygens (including phenoxy) is 4. The van der Waals surface area contributed by atoms with Crippen molar-refractivity contribution in [3.05, 3.63) is 144 Å². The van der Waals surface area contributed by atoms with Crippen LogP contribution in [0.15, 0.2) is 127 Å². The third-order valence-electron chi connectivity index (χ3n) is 15.4. The largest absolute Gasteiger partial charge is 0.497 e. The maximum absolute atomic E-state index is 13.9. The number of allylic oxidation sites excluding steroid dienone is 8. The van der Waals surface area contributed by atoms with Gasteiger partial charge in [-0.25, -0.2) is 4.79 Å². The summed E-state index contributed by atoms with van der Waals surface area (Å²) in [7, 11) is 3.31. The van der Waals surface area contributed by atoms with Gasteiger partial charge in [0, 0.05) is 19.5 Å². The number of benzene rings is 3. The van der Waals surface area contributed by atoms with E-state index in [1.807, 2.05) is 71.6 Å². The Morgan fingerprint density at radius 3 is 1.49 bits per heavy atom. The van der Waals surface area contributed by atoms with Gasteiger partial charge in [0.2, 0.25) is 5.91 Å². The zero-order chi connectivity index (χ0) is 56.3. The van der Waals surface area contributed by atoms with Crippen molar-refractivity contribution in [3.8, 4) is 11.5 Å². The van der Waals surface area contributed by atoms with Gasteiger partial charge in [0.25, 0.3) is 0 Å². The first kappa shape index (κ1) is 66.4. The molecule has 1 aliphatic rings. The predicted octanol–water partition coefficient (Wildman–Crippen LogP) is 18.0. The molecule has 0 unspecified atom stereocenters. The van der Waals surface area contributed by atoms with E-state index < -0.39 is 11.7 Å². The van der Waals surface area contributed by atoms with Gasteiger partial charge in [-0.2, -0.15) is 0 Å². The van der Waals surface area contributed by atoms with Gasteiger partial charge in [0.15, 0.2) is 0 Å². The van der Waals surface area contributed by atoms with Crippen LogP contribution in [0.25, 0.3) is 0 Å². The van der Waals surface area contributed by atoms with E-state index in [1.165, 1.54) is 116 Å². The SMILES string of the molecule is CCCCC/C=C\C/C=C\CCCCCCCCC(CCCCCCCC/C=C\C/C=C\CCCCC)OC(=O)NCCCCCC(=O)N1C[C@H](O)C[C@H]1COC(c1ccccc1)(c1ccc(OC)cc1)c1ccc(OC)cc1. The summed E-state index contributed by atoms with van der Waals surface area (Å²) in [4.78, 5) is 28.9. The fourth-order valence-corrected chi connectivity index (χ4v) is 10.7. The summed E-state index contributed by atoms with van der Waals surface area (Å²) in [6.07, 6.45) is 51.6. The topological polar surface area (TPSA) is 107 Å². The maximum Gasteiger partial charge on any atom is 0.407 e. The first-order valence-electron chi connectivity index (χ1n) is 31.3. The number of unbranched alkanes of at least 4 members (excludes halogenated alkanes) is 20. The lowest BCUT2D eigenvalue weighted by atomic mass is 9.80. The quantitative estimate of drug-likeness (QED) is 0.0330. The van der Waals surface area contributed by atoms with Crippen LogP contribution in [0.2, 0.25) is 0 Å².